The second-order valence-corrected chi connectivity index (χ2v) is 12.6. The number of benzene rings is 4. The smallest absolute Gasteiger partial charge is 0.412 e. The second-order valence-electron chi connectivity index (χ2n) is 12.6. The van der Waals surface area contributed by atoms with E-state index < -0.39 is 11.7 Å². The molecule has 4 rings (SSSR count). The molecule has 48 heavy (non-hydrogen) atoms. The molecule has 4 amide bonds. The van der Waals surface area contributed by atoms with Crippen molar-refractivity contribution in [2.24, 2.45) is 0 Å². The summed E-state index contributed by atoms with van der Waals surface area (Å²) in [4.78, 5) is 40.7. The standard InChI is InChI=1S/C38H45N5O5/c1-38(2,3)48-37(46)42-34-15-10-9-14-33(34)40-35(44)29-19-17-28(18-20-29)32(16-11-25-43(4)5)41-36(45)39-30-21-23-31(24-22-30)47-26-27-12-7-6-8-13-27/h6-10,12-15,17-24,32H,11,16,25-26H2,1-5H3,(H,40,44)(H,42,46)(H2,39,41,45). The number of amides is 4. The van der Waals surface area contributed by atoms with Gasteiger partial charge >= 0.3 is 12.1 Å². The Kier molecular flexibility index (Phi) is 12.6. The topological polar surface area (TPSA) is 121 Å². The summed E-state index contributed by atoms with van der Waals surface area (Å²) in [6.45, 7) is 6.66. The van der Waals surface area contributed by atoms with Crippen molar-refractivity contribution in [2.45, 2.75) is 51.9 Å². The number of ether oxygens (including phenoxy) is 2. The fraction of sp³-hybridized carbons (Fsp3) is 0.289. The minimum atomic E-state index is -0.659. The molecule has 0 saturated carbocycles. The van der Waals surface area contributed by atoms with Crippen LogP contribution in [0.5, 0.6) is 5.75 Å². The van der Waals surface area contributed by atoms with Gasteiger partial charge in [-0.3, -0.25) is 10.1 Å². The quantitative estimate of drug-likeness (QED) is 0.116. The van der Waals surface area contributed by atoms with Crippen molar-refractivity contribution >= 4 is 35.1 Å². The summed E-state index contributed by atoms with van der Waals surface area (Å²) in [5, 5.41) is 11.6. The van der Waals surface area contributed by atoms with Crippen molar-refractivity contribution in [3.63, 3.8) is 0 Å². The highest BCUT2D eigenvalue weighted by Gasteiger charge is 2.19. The van der Waals surface area contributed by atoms with Crippen LogP contribution in [0.2, 0.25) is 0 Å². The maximum atomic E-state index is 13.2. The summed E-state index contributed by atoms with van der Waals surface area (Å²) < 4.78 is 11.2. The third kappa shape index (κ3) is 11.8. The van der Waals surface area contributed by atoms with Crippen molar-refractivity contribution in [1.29, 1.82) is 0 Å². The van der Waals surface area contributed by atoms with Gasteiger partial charge in [0, 0.05) is 11.3 Å². The second kappa shape index (κ2) is 17.0. The number of nitrogens with zero attached hydrogens (tertiary/aromatic N) is 1. The van der Waals surface area contributed by atoms with Crippen LogP contribution in [0.1, 0.15) is 61.1 Å². The molecule has 1 atom stereocenters. The first-order chi connectivity index (χ1) is 22.9. The van der Waals surface area contributed by atoms with Crippen LogP contribution in [0.15, 0.2) is 103 Å². The van der Waals surface area contributed by atoms with E-state index in [9.17, 15) is 14.4 Å². The van der Waals surface area contributed by atoms with E-state index in [1.165, 1.54) is 0 Å². The molecule has 4 aromatic carbocycles. The Hall–Kier alpha value is -5.35. The Morgan fingerprint density at radius 1 is 0.750 bits per heavy atom. The molecule has 10 heteroatoms. The zero-order chi connectivity index (χ0) is 34.5. The van der Waals surface area contributed by atoms with E-state index in [0.29, 0.717) is 41.4 Å². The van der Waals surface area contributed by atoms with Crippen LogP contribution < -0.4 is 26.0 Å². The van der Waals surface area contributed by atoms with Gasteiger partial charge in [0.2, 0.25) is 0 Å². The van der Waals surface area contributed by atoms with Crippen LogP contribution >= 0.6 is 0 Å². The zero-order valence-electron chi connectivity index (χ0n) is 28.2. The summed E-state index contributed by atoms with van der Waals surface area (Å²) >= 11 is 0. The lowest BCUT2D eigenvalue weighted by molar-refractivity contribution is 0.0635. The summed E-state index contributed by atoms with van der Waals surface area (Å²) in [5.74, 6) is 0.365. The van der Waals surface area contributed by atoms with Gasteiger partial charge in [0.25, 0.3) is 5.91 Å². The SMILES string of the molecule is CN(C)CCCC(NC(=O)Nc1ccc(OCc2ccccc2)cc1)c1ccc(C(=O)Nc2ccccc2NC(=O)OC(C)(C)C)cc1. The van der Waals surface area contributed by atoms with Gasteiger partial charge < -0.3 is 30.3 Å². The first-order valence-electron chi connectivity index (χ1n) is 15.9. The molecule has 0 spiro atoms. The van der Waals surface area contributed by atoms with Gasteiger partial charge in [-0.2, -0.15) is 0 Å². The summed E-state index contributed by atoms with van der Waals surface area (Å²) in [6, 6.07) is 30.6. The molecular formula is C38H45N5O5. The van der Waals surface area contributed by atoms with Crippen molar-refractivity contribution in [3.8, 4) is 5.75 Å². The lowest BCUT2D eigenvalue weighted by Gasteiger charge is -2.21. The molecule has 0 aliphatic heterocycles. The Bertz CT molecular complexity index is 1640. The summed E-state index contributed by atoms with van der Waals surface area (Å²) in [7, 11) is 4.02. The van der Waals surface area contributed by atoms with Gasteiger partial charge in [-0.1, -0.05) is 54.6 Å². The number of para-hydroxylation sites is 2. The molecule has 4 aromatic rings. The van der Waals surface area contributed by atoms with E-state index in [4.69, 9.17) is 9.47 Å². The summed E-state index contributed by atoms with van der Waals surface area (Å²) in [6.07, 6.45) is 0.942. The van der Waals surface area contributed by atoms with Crippen molar-refractivity contribution < 1.29 is 23.9 Å². The fourth-order valence-electron chi connectivity index (χ4n) is 4.81. The van der Waals surface area contributed by atoms with Gasteiger partial charge in [0.05, 0.1) is 17.4 Å². The van der Waals surface area contributed by atoms with E-state index in [2.05, 4.69) is 26.2 Å². The highest BCUT2D eigenvalue weighted by atomic mass is 16.6. The molecule has 0 bridgehead atoms. The minimum absolute atomic E-state index is 0.283. The van der Waals surface area contributed by atoms with Crippen molar-refractivity contribution in [2.75, 3.05) is 36.6 Å². The van der Waals surface area contributed by atoms with Crippen LogP contribution in [0.3, 0.4) is 0 Å². The molecule has 252 valence electrons. The Labute approximate surface area is 282 Å². The van der Waals surface area contributed by atoms with Crippen LogP contribution in [-0.4, -0.2) is 49.2 Å². The number of nitrogens with one attached hydrogen (secondary N) is 4. The third-order valence-corrected chi connectivity index (χ3v) is 7.15. The van der Waals surface area contributed by atoms with Gasteiger partial charge in [-0.15, -0.1) is 0 Å². The van der Waals surface area contributed by atoms with E-state index in [1.54, 1.807) is 69.3 Å². The number of carbonyl (C=O) groups excluding carboxylic acids is 3. The highest BCUT2D eigenvalue weighted by Crippen LogP contribution is 2.25. The molecule has 0 aliphatic rings. The van der Waals surface area contributed by atoms with Gasteiger partial charge in [-0.05, 0) is 114 Å². The first-order valence-corrected chi connectivity index (χ1v) is 15.9. The maximum Gasteiger partial charge on any atom is 0.412 e. The molecule has 0 aliphatic carbocycles. The summed E-state index contributed by atoms with van der Waals surface area (Å²) in [5.41, 5.74) is 3.21. The predicted molar refractivity (Wildman–Crippen MR) is 191 cm³/mol. The zero-order valence-corrected chi connectivity index (χ0v) is 28.2. The normalized spacial score (nSPS) is 11.7. The number of hydrogen-bond donors (Lipinski definition) is 4. The molecule has 0 saturated heterocycles. The third-order valence-electron chi connectivity index (χ3n) is 7.15. The Morgan fingerprint density at radius 2 is 1.38 bits per heavy atom. The van der Waals surface area contributed by atoms with Crippen LogP contribution in [-0.2, 0) is 11.3 Å². The fourth-order valence-corrected chi connectivity index (χ4v) is 4.81. The molecule has 0 radical (unpaired) electrons. The molecule has 4 N–H and O–H groups in total. The van der Waals surface area contributed by atoms with Crippen LogP contribution in [0.25, 0.3) is 0 Å². The lowest BCUT2D eigenvalue weighted by atomic mass is 10.00. The molecule has 0 aromatic heterocycles. The largest absolute Gasteiger partial charge is 0.489 e. The molecule has 1 unspecified atom stereocenters. The minimum Gasteiger partial charge on any atom is -0.489 e. The lowest BCUT2D eigenvalue weighted by Crippen LogP contribution is -2.33. The monoisotopic (exact) mass is 651 g/mol. The van der Waals surface area contributed by atoms with E-state index >= 15 is 0 Å². The average Bonchev–Trinajstić information content (AvgIpc) is 3.04. The Morgan fingerprint density at radius 3 is 2.00 bits per heavy atom. The number of hydrogen-bond acceptors (Lipinski definition) is 6. The Balaban J connectivity index is 1.38. The van der Waals surface area contributed by atoms with E-state index in [-0.39, 0.29) is 18.0 Å². The predicted octanol–water partition coefficient (Wildman–Crippen LogP) is 8.07. The number of carbonyl (C=O) groups is 3. The van der Waals surface area contributed by atoms with E-state index in [1.807, 2.05) is 68.7 Å². The van der Waals surface area contributed by atoms with Crippen LogP contribution in [0, 0.1) is 0 Å². The molecule has 0 fully saturated rings. The van der Waals surface area contributed by atoms with Gasteiger partial charge in [0.15, 0.2) is 0 Å². The molecule has 0 heterocycles. The number of rotatable bonds is 13. The van der Waals surface area contributed by atoms with Crippen molar-refractivity contribution in [1.82, 2.24) is 10.2 Å². The van der Waals surface area contributed by atoms with E-state index in [0.717, 1.165) is 24.1 Å². The van der Waals surface area contributed by atoms with Crippen molar-refractivity contribution in [3.05, 3.63) is 120 Å². The van der Waals surface area contributed by atoms with Gasteiger partial charge in [-0.25, -0.2) is 9.59 Å². The van der Waals surface area contributed by atoms with Crippen LogP contribution in [0.4, 0.5) is 26.7 Å². The average molecular weight is 652 g/mol. The van der Waals surface area contributed by atoms with Gasteiger partial charge in [0.1, 0.15) is 18.0 Å². The number of anilines is 3. The molecular weight excluding hydrogens is 606 g/mol. The maximum absolute atomic E-state index is 13.2. The first kappa shape index (κ1) is 35.5. The molecule has 10 nitrogen and oxygen atoms in total. The number of urea groups is 1. The highest BCUT2D eigenvalue weighted by molar-refractivity contribution is 6.07.